The molecule has 0 aliphatic carbocycles. The van der Waals surface area contributed by atoms with Crippen molar-refractivity contribution in [1.82, 2.24) is 16.0 Å². The number of hydrogen-bond acceptors (Lipinski definition) is 7. The van der Waals surface area contributed by atoms with Gasteiger partial charge in [0, 0.05) is 12.2 Å². The Balaban J connectivity index is 2.19. The Labute approximate surface area is 227 Å². The summed E-state index contributed by atoms with van der Waals surface area (Å²) in [5.41, 5.74) is 7.59. The molecule has 7 N–H and O–H groups in total. The maximum Gasteiger partial charge on any atom is 0.327 e. The van der Waals surface area contributed by atoms with Crippen LogP contribution in [-0.4, -0.2) is 63.8 Å². The van der Waals surface area contributed by atoms with Gasteiger partial charge in [0.25, 0.3) is 0 Å². The highest BCUT2D eigenvalue weighted by atomic mass is 32.1. The zero-order valence-electron chi connectivity index (χ0n) is 21.5. The first-order chi connectivity index (χ1) is 18.0. The first-order valence-corrected chi connectivity index (χ1v) is 13.0. The van der Waals surface area contributed by atoms with Crippen LogP contribution in [0, 0.1) is 5.92 Å². The fraction of sp³-hybridized carbons (Fsp3) is 0.407. The molecule has 5 atom stereocenters. The molecule has 0 aliphatic rings. The van der Waals surface area contributed by atoms with E-state index in [-0.39, 0.29) is 30.3 Å². The number of amides is 3. The van der Waals surface area contributed by atoms with Crippen LogP contribution in [0.2, 0.25) is 0 Å². The summed E-state index contributed by atoms with van der Waals surface area (Å²) in [5.74, 6) is -3.37. The molecule has 0 saturated carbocycles. The molecule has 10 nitrogen and oxygen atoms in total. The molecule has 2 aromatic rings. The van der Waals surface area contributed by atoms with Crippen molar-refractivity contribution in [2.75, 3.05) is 5.75 Å². The van der Waals surface area contributed by atoms with E-state index in [0.717, 1.165) is 11.1 Å². The lowest BCUT2D eigenvalue weighted by Crippen LogP contribution is -2.59. The minimum absolute atomic E-state index is 0.0958. The van der Waals surface area contributed by atoms with Crippen LogP contribution in [0.1, 0.15) is 31.4 Å². The third-order valence-corrected chi connectivity index (χ3v) is 6.60. The van der Waals surface area contributed by atoms with Gasteiger partial charge in [0.15, 0.2) is 0 Å². The zero-order chi connectivity index (χ0) is 28.2. The van der Waals surface area contributed by atoms with Gasteiger partial charge in [-0.15, -0.1) is 0 Å². The number of nitrogens with one attached hydrogen (secondary N) is 3. The van der Waals surface area contributed by atoms with Gasteiger partial charge in [-0.25, -0.2) is 4.79 Å². The normalized spacial score (nSPS) is 14.8. The molecule has 0 bridgehead atoms. The standard InChI is InChI=1S/C27H36N4O6S/c1-3-16(2)23(31-24(33)20(28)13-18-9-11-19(32)12-10-18)26(35)29-21(14-17-7-5-4-6-8-17)25(34)30-22(15-38)27(36)37/h4-12,16,20-23,32,38H,3,13-15,28H2,1-2H3,(H,29,35)(H,30,34)(H,31,33)(H,36,37). The molecule has 0 radical (unpaired) electrons. The van der Waals surface area contributed by atoms with Crippen molar-refractivity contribution in [1.29, 1.82) is 0 Å². The van der Waals surface area contributed by atoms with E-state index in [9.17, 15) is 29.4 Å². The number of hydrogen-bond donors (Lipinski definition) is 7. The van der Waals surface area contributed by atoms with E-state index in [0.29, 0.717) is 6.42 Å². The Morgan fingerprint density at radius 1 is 0.842 bits per heavy atom. The summed E-state index contributed by atoms with van der Waals surface area (Å²) in [6.07, 6.45) is 0.862. The van der Waals surface area contributed by atoms with Gasteiger partial charge in [0.2, 0.25) is 17.7 Å². The Morgan fingerprint density at radius 3 is 1.97 bits per heavy atom. The number of rotatable bonds is 14. The minimum Gasteiger partial charge on any atom is -0.508 e. The Bertz CT molecular complexity index is 1080. The second kappa shape index (κ2) is 15.0. The van der Waals surface area contributed by atoms with Crippen LogP contribution in [-0.2, 0) is 32.0 Å². The third-order valence-electron chi connectivity index (χ3n) is 6.23. The Morgan fingerprint density at radius 2 is 1.42 bits per heavy atom. The third kappa shape index (κ3) is 9.38. The number of benzene rings is 2. The highest BCUT2D eigenvalue weighted by molar-refractivity contribution is 7.80. The second-order valence-corrected chi connectivity index (χ2v) is 9.55. The molecule has 0 heterocycles. The van der Waals surface area contributed by atoms with Gasteiger partial charge in [0.1, 0.15) is 23.9 Å². The number of phenols is 1. The Hall–Kier alpha value is -3.57. The molecule has 206 valence electrons. The SMILES string of the molecule is CCC(C)C(NC(=O)C(N)Cc1ccc(O)cc1)C(=O)NC(Cc1ccccc1)C(=O)NC(CS)C(=O)O. The molecular weight excluding hydrogens is 508 g/mol. The number of carboxylic acids is 1. The van der Waals surface area contributed by atoms with Gasteiger partial charge in [-0.1, -0.05) is 62.7 Å². The van der Waals surface area contributed by atoms with Crippen molar-refractivity contribution >= 4 is 36.3 Å². The molecule has 0 fully saturated rings. The van der Waals surface area contributed by atoms with Crippen LogP contribution in [0.15, 0.2) is 54.6 Å². The first kappa shape index (κ1) is 30.7. The average Bonchev–Trinajstić information content (AvgIpc) is 2.90. The zero-order valence-corrected chi connectivity index (χ0v) is 22.4. The molecule has 11 heteroatoms. The largest absolute Gasteiger partial charge is 0.508 e. The van der Waals surface area contributed by atoms with E-state index in [1.165, 1.54) is 12.1 Å². The number of aromatic hydroxyl groups is 1. The van der Waals surface area contributed by atoms with Gasteiger partial charge in [-0.2, -0.15) is 12.6 Å². The summed E-state index contributed by atoms with van der Waals surface area (Å²) in [4.78, 5) is 50.7. The van der Waals surface area contributed by atoms with Crippen molar-refractivity contribution in [2.24, 2.45) is 11.7 Å². The Kier molecular flexibility index (Phi) is 12.1. The molecule has 3 amide bonds. The van der Waals surface area contributed by atoms with E-state index in [4.69, 9.17) is 5.73 Å². The lowest BCUT2D eigenvalue weighted by Gasteiger charge is -2.28. The van der Waals surface area contributed by atoms with E-state index in [1.807, 2.05) is 13.0 Å². The fourth-order valence-corrected chi connectivity index (χ4v) is 3.97. The molecule has 38 heavy (non-hydrogen) atoms. The van der Waals surface area contributed by atoms with E-state index < -0.39 is 47.9 Å². The maximum absolute atomic E-state index is 13.4. The smallest absolute Gasteiger partial charge is 0.327 e. The highest BCUT2D eigenvalue weighted by Gasteiger charge is 2.32. The molecule has 5 unspecified atom stereocenters. The van der Waals surface area contributed by atoms with Gasteiger partial charge >= 0.3 is 5.97 Å². The van der Waals surface area contributed by atoms with Crippen LogP contribution in [0.5, 0.6) is 5.75 Å². The number of aliphatic carboxylic acids is 1. The summed E-state index contributed by atoms with van der Waals surface area (Å²) < 4.78 is 0. The van der Waals surface area contributed by atoms with Gasteiger partial charge in [-0.3, -0.25) is 14.4 Å². The summed E-state index contributed by atoms with van der Waals surface area (Å²) in [6.45, 7) is 3.66. The van der Waals surface area contributed by atoms with Crippen molar-refractivity contribution < 1.29 is 29.4 Å². The molecule has 2 aromatic carbocycles. The summed E-state index contributed by atoms with van der Waals surface area (Å²) >= 11 is 3.98. The predicted molar refractivity (Wildman–Crippen MR) is 147 cm³/mol. The number of carboxylic acid groups (broad SMARTS) is 1. The van der Waals surface area contributed by atoms with E-state index >= 15 is 0 Å². The molecule has 0 aromatic heterocycles. The maximum atomic E-state index is 13.4. The quantitative estimate of drug-likeness (QED) is 0.174. The monoisotopic (exact) mass is 544 g/mol. The van der Waals surface area contributed by atoms with Gasteiger partial charge in [0.05, 0.1) is 6.04 Å². The molecule has 0 saturated heterocycles. The number of carbonyl (C=O) groups is 4. The van der Waals surface area contributed by atoms with Crippen LogP contribution in [0.25, 0.3) is 0 Å². The molecular formula is C27H36N4O6S. The molecule has 2 rings (SSSR count). The van der Waals surface area contributed by atoms with Gasteiger partial charge < -0.3 is 31.9 Å². The fourth-order valence-electron chi connectivity index (χ4n) is 3.72. The van der Waals surface area contributed by atoms with Crippen LogP contribution in [0.4, 0.5) is 0 Å². The highest BCUT2D eigenvalue weighted by Crippen LogP contribution is 2.13. The van der Waals surface area contributed by atoms with Gasteiger partial charge in [-0.05, 0) is 35.6 Å². The van der Waals surface area contributed by atoms with Crippen molar-refractivity contribution in [2.45, 2.75) is 57.3 Å². The van der Waals surface area contributed by atoms with Crippen LogP contribution >= 0.6 is 12.6 Å². The van der Waals surface area contributed by atoms with E-state index in [1.54, 1.807) is 43.3 Å². The van der Waals surface area contributed by atoms with Crippen molar-refractivity contribution in [3.63, 3.8) is 0 Å². The number of phenolic OH excluding ortho intramolecular Hbond substituents is 1. The second-order valence-electron chi connectivity index (χ2n) is 9.18. The summed E-state index contributed by atoms with van der Waals surface area (Å²) in [7, 11) is 0. The average molecular weight is 545 g/mol. The summed E-state index contributed by atoms with van der Waals surface area (Å²) in [5, 5.41) is 26.6. The lowest BCUT2D eigenvalue weighted by molar-refractivity contribution is -0.141. The van der Waals surface area contributed by atoms with Crippen molar-refractivity contribution in [3.8, 4) is 5.75 Å². The molecule has 0 spiro atoms. The topological polar surface area (TPSA) is 171 Å². The van der Waals surface area contributed by atoms with Crippen molar-refractivity contribution in [3.05, 3.63) is 65.7 Å². The molecule has 0 aliphatic heterocycles. The minimum atomic E-state index is -1.24. The number of thiol groups is 1. The lowest BCUT2D eigenvalue weighted by atomic mass is 9.96. The van der Waals surface area contributed by atoms with E-state index in [2.05, 4.69) is 28.6 Å². The first-order valence-electron chi connectivity index (χ1n) is 12.4. The number of nitrogens with two attached hydrogens (primary N) is 1. The number of carbonyl (C=O) groups excluding carboxylic acids is 3. The summed E-state index contributed by atoms with van der Waals surface area (Å²) in [6, 6.07) is 11.0. The predicted octanol–water partition coefficient (Wildman–Crippen LogP) is 1.02. The van der Waals surface area contributed by atoms with Crippen LogP contribution < -0.4 is 21.7 Å². The van der Waals surface area contributed by atoms with Crippen LogP contribution in [0.3, 0.4) is 0 Å².